The monoisotopic (exact) mass is 416 g/mol. The summed E-state index contributed by atoms with van der Waals surface area (Å²) in [6, 6.07) is 12.4. The molecule has 2 aromatic rings. The molecule has 6 heteroatoms. The van der Waals surface area contributed by atoms with Gasteiger partial charge in [-0.05, 0) is 68.0 Å². The van der Waals surface area contributed by atoms with Crippen LogP contribution in [0, 0.1) is 13.8 Å². The van der Waals surface area contributed by atoms with Crippen molar-refractivity contribution < 1.29 is 13.2 Å². The highest BCUT2D eigenvalue weighted by molar-refractivity contribution is 7.92. The fourth-order valence-corrected chi connectivity index (χ4v) is 4.56. The van der Waals surface area contributed by atoms with Crippen LogP contribution in [-0.4, -0.2) is 26.6 Å². The molecule has 0 spiro atoms. The van der Waals surface area contributed by atoms with E-state index in [-0.39, 0.29) is 11.9 Å². The molecule has 0 aliphatic rings. The van der Waals surface area contributed by atoms with Crippen molar-refractivity contribution in [2.75, 3.05) is 10.6 Å². The van der Waals surface area contributed by atoms with Gasteiger partial charge in [-0.15, -0.1) is 0 Å². The Morgan fingerprint density at radius 2 is 1.66 bits per heavy atom. The van der Waals surface area contributed by atoms with Gasteiger partial charge in [-0.2, -0.15) is 0 Å². The van der Waals surface area contributed by atoms with Crippen LogP contribution in [0.1, 0.15) is 55.5 Å². The molecular formula is C23H32N2O3S. The van der Waals surface area contributed by atoms with Gasteiger partial charge in [-0.3, -0.25) is 9.10 Å². The van der Waals surface area contributed by atoms with E-state index in [2.05, 4.69) is 18.3 Å². The number of anilines is 1. The molecule has 0 bridgehead atoms. The number of benzene rings is 2. The van der Waals surface area contributed by atoms with Gasteiger partial charge in [-0.25, -0.2) is 8.42 Å². The predicted molar refractivity (Wildman–Crippen MR) is 120 cm³/mol. The maximum Gasteiger partial charge on any atom is 0.244 e. The number of nitrogens with one attached hydrogen (secondary N) is 1. The summed E-state index contributed by atoms with van der Waals surface area (Å²) in [5, 5.41) is 3.03. The summed E-state index contributed by atoms with van der Waals surface area (Å²) >= 11 is 0. The van der Waals surface area contributed by atoms with E-state index < -0.39 is 16.1 Å². The molecule has 0 aliphatic heterocycles. The predicted octanol–water partition coefficient (Wildman–Crippen LogP) is 4.29. The maximum atomic E-state index is 13.0. The molecule has 0 saturated carbocycles. The molecule has 0 aromatic heterocycles. The summed E-state index contributed by atoms with van der Waals surface area (Å²) in [6.45, 7) is 9.76. The number of nitrogens with zero attached hydrogens (tertiary/aromatic N) is 1. The molecule has 2 aromatic carbocycles. The Labute approximate surface area is 175 Å². The van der Waals surface area contributed by atoms with Gasteiger partial charge in [0.2, 0.25) is 15.9 Å². The van der Waals surface area contributed by atoms with Crippen LogP contribution in [0.25, 0.3) is 0 Å². The van der Waals surface area contributed by atoms with E-state index in [1.807, 2.05) is 45.0 Å². The van der Waals surface area contributed by atoms with Crippen molar-refractivity contribution in [1.82, 2.24) is 5.32 Å². The van der Waals surface area contributed by atoms with Crippen molar-refractivity contribution in [3.8, 4) is 0 Å². The van der Waals surface area contributed by atoms with Crippen molar-refractivity contribution in [3.63, 3.8) is 0 Å². The lowest BCUT2D eigenvalue weighted by Gasteiger charge is -2.30. The second-order valence-corrected chi connectivity index (χ2v) is 9.43. The Bertz CT molecular complexity index is 953. The largest absolute Gasteiger partial charge is 0.347 e. The van der Waals surface area contributed by atoms with E-state index in [4.69, 9.17) is 0 Å². The lowest BCUT2D eigenvalue weighted by molar-refractivity contribution is -0.122. The zero-order chi connectivity index (χ0) is 21.8. The van der Waals surface area contributed by atoms with Crippen LogP contribution in [0.2, 0.25) is 0 Å². The SMILES string of the molecule is CCc1ccc(N([C@@H](C)C(=O)N[C@H](CC)c2ccc(C)c(C)c2)S(C)(=O)=O)cc1. The summed E-state index contributed by atoms with van der Waals surface area (Å²) in [5.41, 5.74) is 4.99. The highest BCUT2D eigenvalue weighted by Crippen LogP contribution is 2.24. The van der Waals surface area contributed by atoms with Crippen molar-refractivity contribution in [3.05, 3.63) is 64.7 Å². The fourth-order valence-electron chi connectivity index (χ4n) is 3.38. The van der Waals surface area contributed by atoms with Crippen LogP contribution in [-0.2, 0) is 21.2 Å². The standard InChI is InChI=1S/C23H32N2O3S/c1-7-19-10-13-21(14-11-19)25(29(6,27)28)18(5)23(26)24-22(8-2)20-12-9-16(3)17(4)15-20/h9-15,18,22H,7-8H2,1-6H3,(H,24,26)/t18-,22+/m0/s1. The Morgan fingerprint density at radius 3 is 2.14 bits per heavy atom. The van der Waals surface area contributed by atoms with Gasteiger partial charge in [0.25, 0.3) is 0 Å². The molecule has 0 aliphatic carbocycles. The molecule has 0 heterocycles. The molecule has 0 saturated heterocycles. The van der Waals surface area contributed by atoms with E-state index in [0.29, 0.717) is 12.1 Å². The Hall–Kier alpha value is -2.34. The number of hydrogen-bond acceptors (Lipinski definition) is 3. The average Bonchev–Trinajstić information content (AvgIpc) is 2.67. The lowest BCUT2D eigenvalue weighted by atomic mass is 9.99. The number of carbonyl (C=O) groups excluding carboxylic acids is 1. The molecular weight excluding hydrogens is 384 g/mol. The Balaban J connectivity index is 2.28. The van der Waals surface area contributed by atoms with E-state index >= 15 is 0 Å². The molecule has 0 fully saturated rings. The first-order chi connectivity index (χ1) is 13.6. The highest BCUT2D eigenvalue weighted by Gasteiger charge is 2.30. The Morgan fingerprint density at radius 1 is 1.03 bits per heavy atom. The third-order valence-corrected chi connectivity index (χ3v) is 6.59. The quantitative estimate of drug-likeness (QED) is 0.698. The van der Waals surface area contributed by atoms with Gasteiger partial charge in [0.05, 0.1) is 18.0 Å². The molecule has 1 amide bonds. The summed E-state index contributed by atoms with van der Waals surface area (Å²) in [7, 11) is -3.63. The average molecular weight is 417 g/mol. The van der Waals surface area contributed by atoms with Crippen molar-refractivity contribution in [2.45, 2.75) is 59.5 Å². The minimum absolute atomic E-state index is 0.173. The third-order valence-electron chi connectivity index (χ3n) is 5.35. The Kier molecular flexibility index (Phi) is 7.47. The summed E-state index contributed by atoms with van der Waals surface area (Å²) in [4.78, 5) is 13.0. The molecule has 1 N–H and O–H groups in total. The molecule has 0 unspecified atom stereocenters. The van der Waals surface area contributed by atoms with E-state index in [1.165, 1.54) is 9.87 Å². The van der Waals surface area contributed by atoms with Crippen LogP contribution in [0.5, 0.6) is 0 Å². The minimum atomic E-state index is -3.63. The summed E-state index contributed by atoms with van der Waals surface area (Å²) < 4.78 is 26.2. The summed E-state index contributed by atoms with van der Waals surface area (Å²) in [6.07, 6.45) is 2.71. The van der Waals surface area contributed by atoms with Crippen LogP contribution in [0.3, 0.4) is 0 Å². The highest BCUT2D eigenvalue weighted by atomic mass is 32.2. The lowest BCUT2D eigenvalue weighted by Crippen LogP contribution is -2.48. The van der Waals surface area contributed by atoms with Crippen LogP contribution >= 0.6 is 0 Å². The van der Waals surface area contributed by atoms with Crippen LogP contribution < -0.4 is 9.62 Å². The first-order valence-corrected chi connectivity index (χ1v) is 11.9. The topological polar surface area (TPSA) is 66.5 Å². The normalized spacial score (nSPS) is 13.6. The zero-order valence-electron chi connectivity index (χ0n) is 18.2. The smallest absolute Gasteiger partial charge is 0.244 e. The number of aryl methyl sites for hydroxylation is 3. The number of hydrogen-bond donors (Lipinski definition) is 1. The van der Waals surface area contributed by atoms with Crippen LogP contribution in [0.4, 0.5) is 5.69 Å². The summed E-state index contributed by atoms with van der Waals surface area (Å²) in [5.74, 6) is -0.319. The van der Waals surface area contributed by atoms with Gasteiger partial charge in [-0.1, -0.05) is 44.2 Å². The maximum absolute atomic E-state index is 13.0. The first-order valence-electron chi connectivity index (χ1n) is 10.0. The van der Waals surface area contributed by atoms with Gasteiger partial charge >= 0.3 is 0 Å². The molecule has 5 nitrogen and oxygen atoms in total. The van der Waals surface area contributed by atoms with E-state index in [0.717, 1.165) is 29.4 Å². The van der Waals surface area contributed by atoms with Crippen molar-refractivity contribution >= 4 is 21.6 Å². The zero-order valence-corrected chi connectivity index (χ0v) is 19.0. The second kappa shape index (κ2) is 9.44. The van der Waals surface area contributed by atoms with Crippen molar-refractivity contribution in [1.29, 1.82) is 0 Å². The van der Waals surface area contributed by atoms with Gasteiger partial charge in [0, 0.05) is 0 Å². The number of rotatable bonds is 8. The first kappa shape index (κ1) is 22.9. The molecule has 158 valence electrons. The van der Waals surface area contributed by atoms with Crippen molar-refractivity contribution in [2.24, 2.45) is 0 Å². The number of amides is 1. The molecule has 0 radical (unpaired) electrons. The molecule has 2 rings (SSSR count). The van der Waals surface area contributed by atoms with Gasteiger partial charge in [0.15, 0.2) is 0 Å². The number of sulfonamides is 1. The third kappa shape index (κ3) is 5.60. The van der Waals surface area contributed by atoms with Gasteiger partial charge in [0.1, 0.15) is 6.04 Å². The number of carbonyl (C=O) groups is 1. The van der Waals surface area contributed by atoms with E-state index in [9.17, 15) is 13.2 Å². The fraction of sp³-hybridized carbons (Fsp3) is 0.435. The minimum Gasteiger partial charge on any atom is -0.347 e. The van der Waals surface area contributed by atoms with Gasteiger partial charge < -0.3 is 5.32 Å². The second-order valence-electron chi connectivity index (χ2n) is 7.57. The molecule has 29 heavy (non-hydrogen) atoms. The van der Waals surface area contributed by atoms with E-state index in [1.54, 1.807) is 19.1 Å². The van der Waals surface area contributed by atoms with Crippen LogP contribution in [0.15, 0.2) is 42.5 Å². The molecule has 2 atom stereocenters.